The molecular formula is C19H22N2O4S. The van der Waals surface area contributed by atoms with Crippen LogP contribution in [-0.4, -0.2) is 26.2 Å². The molecule has 0 spiro atoms. The van der Waals surface area contributed by atoms with E-state index in [0.29, 0.717) is 17.1 Å². The molecule has 0 aliphatic carbocycles. The molecule has 0 fully saturated rings. The van der Waals surface area contributed by atoms with E-state index in [2.05, 4.69) is 4.72 Å². The summed E-state index contributed by atoms with van der Waals surface area (Å²) < 4.78 is 31.3. The van der Waals surface area contributed by atoms with E-state index < -0.39 is 15.6 Å². The van der Waals surface area contributed by atoms with Gasteiger partial charge in [-0.3, -0.25) is 14.4 Å². The molecule has 0 bridgehead atoms. The average molecular weight is 374 g/mol. The van der Waals surface area contributed by atoms with Crippen molar-refractivity contribution in [2.24, 2.45) is 0 Å². The summed E-state index contributed by atoms with van der Waals surface area (Å²) in [6, 6.07) is 14.5. The first-order chi connectivity index (χ1) is 12.1. The van der Waals surface area contributed by atoms with Gasteiger partial charge in [-0.05, 0) is 38.5 Å². The maximum atomic E-state index is 13.0. The second kappa shape index (κ2) is 6.32. The van der Waals surface area contributed by atoms with Crippen LogP contribution in [0.25, 0.3) is 0 Å². The molecule has 2 aromatic rings. The van der Waals surface area contributed by atoms with Gasteiger partial charge in [-0.1, -0.05) is 30.3 Å². The lowest BCUT2D eigenvalue weighted by molar-refractivity contribution is -0.133. The zero-order valence-electron chi connectivity index (χ0n) is 15.2. The highest BCUT2D eigenvalue weighted by Crippen LogP contribution is 2.43. The van der Waals surface area contributed by atoms with E-state index in [9.17, 15) is 13.2 Å². The number of ether oxygens (including phenoxy) is 1. The van der Waals surface area contributed by atoms with Crippen LogP contribution >= 0.6 is 0 Å². The lowest BCUT2D eigenvalue weighted by Crippen LogP contribution is -2.53. The van der Waals surface area contributed by atoms with Crippen LogP contribution in [0.3, 0.4) is 0 Å². The van der Waals surface area contributed by atoms with Crippen molar-refractivity contribution in [1.29, 1.82) is 0 Å². The SMILES string of the molecule is CC(c1ccccc1)N1C(=O)C(C)(C)Oc2cc(NS(C)(=O)=O)ccc21. The molecule has 138 valence electrons. The first-order valence-corrected chi connectivity index (χ1v) is 10.2. The van der Waals surface area contributed by atoms with Crippen LogP contribution in [0.5, 0.6) is 5.75 Å². The lowest BCUT2D eigenvalue weighted by Gasteiger charge is -2.42. The van der Waals surface area contributed by atoms with E-state index in [0.717, 1.165) is 11.8 Å². The van der Waals surface area contributed by atoms with Gasteiger partial charge < -0.3 is 4.74 Å². The normalized spacial score (nSPS) is 17.2. The fraction of sp³-hybridized carbons (Fsp3) is 0.316. The number of amides is 1. The number of rotatable bonds is 4. The molecule has 1 aliphatic heterocycles. The van der Waals surface area contributed by atoms with Crippen LogP contribution in [0.2, 0.25) is 0 Å². The van der Waals surface area contributed by atoms with Crippen molar-refractivity contribution in [1.82, 2.24) is 0 Å². The topological polar surface area (TPSA) is 75.7 Å². The predicted molar refractivity (Wildman–Crippen MR) is 102 cm³/mol. The Labute approximate surface area is 153 Å². The van der Waals surface area contributed by atoms with Gasteiger partial charge in [0, 0.05) is 6.07 Å². The molecule has 2 aromatic carbocycles. The molecule has 6 nitrogen and oxygen atoms in total. The van der Waals surface area contributed by atoms with E-state index in [1.165, 1.54) is 0 Å². The number of anilines is 2. The Bertz CT molecular complexity index is 939. The Balaban J connectivity index is 2.07. The number of hydrogen-bond donors (Lipinski definition) is 1. The molecule has 1 N–H and O–H groups in total. The van der Waals surface area contributed by atoms with E-state index in [1.54, 1.807) is 36.9 Å². The minimum absolute atomic E-state index is 0.148. The van der Waals surface area contributed by atoms with E-state index in [1.807, 2.05) is 37.3 Å². The van der Waals surface area contributed by atoms with Crippen molar-refractivity contribution in [3.05, 3.63) is 54.1 Å². The summed E-state index contributed by atoms with van der Waals surface area (Å²) in [5.74, 6) is 0.316. The van der Waals surface area contributed by atoms with Gasteiger partial charge in [0.05, 0.1) is 23.7 Å². The highest BCUT2D eigenvalue weighted by atomic mass is 32.2. The van der Waals surface area contributed by atoms with Crippen molar-refractivity contribution < 1.29 is 17.9 Å². The first kappa shape index (κ1) is 18.3. The maximum absolute atomic E-state index is 13.0. The molecular weight excluding hydrogens is 352 g/mol. The third kappa shape index (κ3) is 3.53. The fourth-order valence-corrected chi connectivity index (χ4v) is 3.61. The van der Waals surface area contributed by atoms with Gasteiger partial charge >= 0.3 is 0 Å². The lowest BCUT2D eigenvalue weighted by atomic mass is 9.98. The standard InChI is InChI=1S/C19H22N2O4S/c1-13(14-8-6-5-7-9-14)21-16-11-10-15(20-26(4,23)24)12-17(16)25-19(2,3)18(21)22/h5-13,20H,1-4H3. The quantitative estimate of drug-likeness (QED) is 0.891. The molecule has 0 saturated heterocycles. The highest BCUT2D eigenvalue weighted by Gasteiger charge is 2.43. The summed E-state index contributed by atoms with van der Waals surface area (Å²) in [6.45, 7) is 5.38. The van der Waals surface area contributed by atoms with Crippen LogP contribution in [0.15, 0.2) is 48.5 Å². The van der Waals surface area contributed by atoms with Gasteiger partial charge in [-0.15, -0.1) is 0 Å². The second-order valence-corrected chi connectivity index (χ2v) is 8.68. The van der Waals surface area contributed by atoms with Gasteiger partial charge in [-0.2, -0.15) is 0 Å². The maximum Gasteiger partial charge on any atom is 0.271 e. The summed E-state index contributed by atoms with van der Waals surface area (Å²) in [5, 5.41) is 0. The number of nitrogens with zero attached hydrogens (tertiary/aromatic N) is 1. The van der Waals surface area contributed by atoms with Crippen LogP contribution in [0, 0.1) is 0 Å². The van der Waals surface area contributed by atoms with Gasteiger partial charge in [0.15, 0.2) is 5.60 Å². The summed E-state index contributed by atoms with van der Waals surface area (Å²) in [6.07, 6.45) is 1.09. The molecule has 0 radical (unpaired) electrons. The first-order valence-electron chi connectivity index (χ1n) is 8.28. The minimum Gasteiger partial charge on any atom is -0.476 e. The van der Waals surface area contributed by atoms with Gasteiger partial charge in [0.25, 0.3) is 5.91 Å². The van der Waals surface area contributed by atoms with E-state index >= 15 is 0 Å². The van der Waals surface area contributed by atoms with Gasteiger partial charge in [-0.25, -0.2) is 8.42 Å². The number of hydrogen-bond acceptors (Lipinski definition) is 4. The Morgan fingerprint density at radius 3 is 2.38 bits per heavy atom. The zero-order valence-corrected chi connectivity index (χ0v) is 16.0. The Morgan fingerprint density at radius 1 is 1.12 bits per heavy atom. The molecule has 1 aliphatic rings. The Kier molecular flexibility index (Phi) is 4.44. The summed E-state index contributed by atoms with van der Waals surface area (Å²) in [7, 11) is -3.40. The largest absolute Gasteiger partial charge is 0.476 e. The highest BCUT2D eigenvalue weighted by molar-refractivity contribution is 7.92. The molecule has 0 aromatic heterocycles. The molecule has 26 heavy (non-hydrogen) atoms. The van der Waals surface area contributed by atoms with Crippen molar-refractivity contribution in [2.75, 3.05) is 15.9 Å². The van der Waals surface area contributed by atoms with Crippen molar-refractivity contribution in [2.45, 2.75) is 32.4 Å². The van der Waals surface area contributed by atoms with Crippen molar-refractivity contribution >= 4 is 27.3 Å². The number of benzene rings is 2. The third-order valence-corrected chi connectivity index (χ3v) is 4.90. The molecule has 1 heterocycles. The molecule has 7 heteroatoms. The predicted octanol–water partition coefficient (Wildman–Crippen LogP) is 3.32. The minimum atomic E-state index is -3.40. The van der Waals surface area contributed by atoms with Gasteiger partial charge in [0.2, 0.25) is 10.0 Å². The molecule has 1 unspecified atom stereocenters. The summed E-state index contributed by atoms with van der Waals surface area (Å²) in [4.78, 5) is 14.7. The monoisotopic (exact) mass is 374 g/mol. The third-order valence-electron chi connectivity index (χ3n) is 4.29. The van der Waals surface area contributed by atoms with Crippen molar-refractivity contribution in [3.8, 4) is 5.75 Å². The van der Waals surface area contributed by atoms with E-state index in [4.69, 9.17) is 4.74 Å². The number of sulfonamides is 1. The smallest absolute Gasteiger partial charge is 0.271 e. The second-order valence-electron chi connectivity index (χ2n) is 6.93. The van der Waals surface area contributed by atoms with Crippen LogP contribution < -0.4 is 14.4 Å². The van der Waals surface area contributed by atoms with Gasteiger partial charge in [0.1, 0.15) is 5.75 Å². The Morgan fingerprint density at radius 2 is 1.77 bits per heavy atom. The molecule has 3 rings (SSSR count). The average Bonchev–Trinajstić information content (AvgIpc) is 2.55. The summed E-state index contributed by atoms with van der Waals surface area (Å²) in [5.41, 5.74) is 0.955. The fourth-order valence-electron chi connectivity index (χ4n) is 3.06. The summed E-state index contributed by atoms with van der Waals surface area (Å²) >= 11 is 0. The molecule has 1 amide bonds. The molecule has 0 saturated carbocycles. The number of fused-ring (bicyclic) bond motifs is 1. The number of carbonyl (C=O) groups is 1. The van der Waals surface area contributed by atoms with Crippen LogP contribution in [-0.2, 0) is 14.8 Å². The van der Waals surface area contributed by atoms with Crippen LogP contribution in [0.1, 0.15) is 32.4 Å². The van der Waals surface area contributed by atoms with Crippen molar-refractivity contribution in [3.63, 3.8) is 0 Å². The molecule has 1 atom stereocenters. The number of nitrogens with one attached hydrogen (secondary N) is 1. The van der Waals surface area contributed by atoms with Crippen LogP contribution in [0.4, 0.5) is 11.4 Å². The number of carbonyl (C=O) groups excluding carboxylic acids is 1. The van der Waals surface area contributed by atoms with E-state index in [-0.39, 0.29) is 11.9 Å². The zero-order chi connectivity index (χ0) is 19.1. The Hall–Kier alpha value is -2.54.